The van der Waals surface area contributed by atoms with Crippen molar-refractivity contribution in [1.29, 1.82) is 0 Å². The largest absolute Gasteiger partial charge is 0.350 e. The zero-order chi connectivity index (χ0) is 15.1. The van der Waals surface area contributed by atoms with Gasteiger partial charge in [-0.3, -0.25) is 9.78 Å². The molecule has 1 aromatic rings. The number of carbonyl (C=O) groups is 1. The Bertz CT molecular complexity index is 637. The van der Waals surface area contributed by atoms with E-state index in [9.17, 15) is 13.2 Å². The van der Waals surface area contributed by atoms with Gasteiger partial charge in [-0.1, -0.05) is 6.07 Å². The maximum absolute atomic E-state index is 12.3. The number of pyridine rings is 1. The monoisotopic (exact) mass is 309 g/mol. The zero-order valence-corrected chi connectivity index (χ0v) is 12.8. The van der Waals surface area contributed by atoms with Gasteiger partial charge < -0.3 is 5.32 Å². The first-order chi connectivity index (χ1) is 9.90. The van der Waals surface area contributed by atoms with Gasteiger partial charge in [0.2, 0.25) is 15.9 Å². The van der Waals surface area contributed by atoms with Crippen molar-refractivity contribution >= 4 is 15.9 Å². The van der Waals surface area contributed by atoms with Crippen molar-refractivity contribution in [3.63, 3.8) is 0 Å². The Morgan fingerprint density at radius 3 is 2.67 bits per heavy atom. The number of hydrogen-bond acceptors (Lipinski definition) is 4. The van der Waals surface area contributed by atoms with Gasteiger partial charge in [-0.25, -0.2) is 12.7 Å². The lowest BCUT2D eigenvalue weighted by Gasteiger charge is -2.38. The van der Waals surface area contributed by atoms with Crippen molar-refractivity contribution in [2.45, 2.75) is 30.7 Å². The Kier molecular flexibility index (Phi) is 3.49. The normalized spacial score (nSPS) is 26.0. The lowest BCUT2D eigenvalue weighted by molar-refractivity contribution is -0.121. The number of aromatic nitrogens is 1. The summed E-state index contributed by atoms with van der Waals surface area (Å²) in [5.74, 6) is -0.153. The van der Waals surface area contributed by atoms with Crippen molar-refractivity contribution in [3.05, 3.63) is 30.1 Å². The Morgan fingerprint density at radius 1 is 1.38 bits per heavy atom. The molecule has 1 aromatic heterocycles. The van der Waals surface area contributed by atoms with Gasteiger partial charge in [0.15, 0.2) is 0 Å². The predicted molar refractivity (Wildman–Crippen MR) is 78.1 cm³/mol. The third kappa shape index (κ3) is 2.80. The Balaban J connectivity index is 1.74. The van der Waals surface area contributed by atoms with Gasteiger partial charge in [0, 0.05) is 31.0 Å². The highest BCUT2D eigenvalue weighted by Gasteiger charge is 2.47. The van der Waals surface area contributed by atoms with E-state index in [4.69, 9.17) is 0 Å². The maximum Gasteiger partial charge on any atom is 0.228 e. The predicted octanol–water partition coefficient (Wildman–Crippen LogP) is 0.479. The molecule has 21 heavy (non-hydrogen) atoms. The molecule has 1 unspecified atom stereocenters. The minimum atomic E-state index is -3.14. The van der Waals surface area contributed by atoms with Crippen molar-refractivity contribution in [1.82, 2.24) is 14.6 Å². The molecule has 6 nitrogen and oxygen atoms in total. The minimum Gasteiger partial charge on any atom is -0.350 e. The van der Waals surface area contributed by atoms with Crippen molar-refractivity contribution in [3.8, 4) is 0 Å². The molecule has 3 heterocycles. The first kappa shape index (κ1) is 14.5. The van der Waals surface area contributed by atoms with Crippen LogP contribution in [-0.2, 0) is 14.8 Å². The summed E-state index contributed by atoms with van der Waals surface area (Å²) in [5.41, 5.74) is 0.663. The smallest absolute Gasteiger partial charge is 0.228 e. The first-order valence-corrected chi connectivity index (χ1v) is 8.92. The molecule has 0 aromatic carbocycles. The molecule has 0 radical (unpaired) electrons. The second-order valence-electron chi connectivity index (χ2n) is 5.97. The van der Waals surface area contributed by atoms with Gasteiger partial charge >= 0.3 is 0 Å². The summed E-state index contributed by atoms with van der Waals surface area (Å²) in [6.07, 6.45) is 6.71. The molecule has 114 valence electrons. The van der Waals surface area contributed by atoms with E-state index in [1.807, 2.05) is 12.1 Å². The molecule has 2 saturated heterocycles. The molecule has 2 aliphatic heterocycles. The van der Waals surface area contributed by atoms with Crippen molar-refractivity contribution < 1.29 is 13.2 Å². The fraction of sp³-hybridized carbons (Fsp3) is 0.571. The molecule has 1 amide bonds. The average molecular weight is 309 g/mol. The molecule has 3 rings (SSSR count). The molecular weight excluding hydrogens is 290 g/mol. The number of sulfonamides is 1. The first-order valence-electron chi connectivity index (χ1n) is 7.07. The molecular formula is C14H19N3O3S. The second kappa shape index (κ2) is 5.06. The molecule has 1 spiro atoms. The van der Waals surface area contributed by atoms with Crippen molar-refractivity contribution in [2.24, 2.45) is 0 Å². The molecule has 7 heteroatoms. The van der Waals surface area contributed by atoms with E-state index < -0.39 is 10.0 Å². The summed E-state index contributed by atoms with van der Waals surface area (Å²) in [6, 6.07) is 3.75. The molecule has 0 bridgehead atoms. The topological polar surface area (TPSA) is 79.4 Å². The van der Waals surface area contributed by atoms with Gasteiger partial charge in [0.1, 0.15) is 0 Å². The van der Waals surface area contributed by atoms with E-state index in [0.29, 0.717) is 25.9 Å². The number of piperidine rings is 1. The van der Waals surface area contributed by atoms with E-state index in [1.54, 1.807) is 12.4 Å². The van der Waals surface area contributed by atoms with Crippen LogP contribution in [0.4, 0.5) is 0 Å². The SMILES string of the molecule is CS(=O)(=O)N1CCC2(CC1)CC(c1cccnc1)C(=O)N2. The van der Waals surface area contributed by atoms with Crippen LogP contribution in [0.5, 0.6) is 0 Å². The minimum absolute atomic E-state index is 0.0239. The van der Waals surface area contributed by atoms with Crippen LogP contribution in [0.2, 0.25) is 0 Å². The number of hydrogen-bond donors (Lipinski definition) is 1. The standard InChI is InChI=1S/C14H19N3O3S/c1-21(19,20)17-7-4-14(5-8-17)9-12(13(18)16-14)11-3-2-6-15-10-11/h2-3,6,10,12H,4-5,7-9H2,1H3,(H,16,18). The molecule has 2 fully saturated rings. The number of rotatable bonds is 2. The molecule has 1 N–H and O–H groups in total. The summed E-state index contributed by atoms with van der Waals surface area (Å²) >= 11 is 0. The molecule has 2 aliphatic rings. The van der Waals surface area contributed by atoms with E-state index >= 15 is 0 Å². The van der Waals surface area contributed by atoms with E-state index in [-0.39, 0.29) is 17.4 Å². The quantitative estimate of drug-likeness (QED) is 0.862. The number of nitrogens with zero attached hydrogens (tertiary/aromatic N) is 2. The number of carbonyl (C=O) groups excluding carboxylic acids is 1. The molecule has 1 atom stereocenters. The summed E-state index contributed by atoms with van der Waals surface area (Å²) in [7, 11) is -3.14. The van der Waals surface area contributed by atoms with Gasteiger partial charge in [-0.2, -0.15) is 0 Å². The third-order valence-corrected chi connectivity index (χ3v) is 5.84. The van der Waals surface area contributed by atoms with Crippen LogP contribution < -0.4 is 5.32 Å². The van der Waals surface area contributed by atoms with Crippen LogP contribution in [0.15, 0.2) is 24.5 Å². The van der Waals surface area contributed by atoms with Crippen LogP contribution in [0.25, 0.3) is 0 Å². The highest BCUT2D eigenvalue weighted by molar-refractivity contribution is 7.88. The highest BCUT2D eigenvalue weighted by Crippen LogP contribution is 2.39. The van der Waals surface area contributed by atoms with Gasteiger partial charge in [0.25, 0.3) is 0 Å². The fourth-order valence-corrected chi connectivity index (χ4v) is 4.16. The highest BCUT2D eigenvalue weighted by atomic mass is 32.2. The Hall–Kier alpha value is -1.47. The number of amides is 1. The van der Waals surface area contributed by atoms with Crippen molar-refractivity contribution in [2.75, 3.05) is 19.3 Å². The van der Waals surface area contributed by atoms with Gasteiger partial charge in [-0.15, -0.1) is 0 Å². The lowest BCUT2D eigenvalue weighted by atomic mass is 9.83. The van der Waals surface area contributed by atoms with E-state index in [0.717, 1.165) is 12.0 Å². The maximum atomic E-state index is 12.3. The Morgan fingerprint density at radius 2 is 2.10 bits per heavy atom. The van der Waals surface area contributed by atoms with Crippen LogP contribution in [0.3, 0.4) is 0 Å². The second-order valence-corrected chi connectivity index (χ2v) is 7.96. The van der Waals surface area contributed by atoms with Crippen LogP contribution in [0, 0.1) is 0 Å². The van der Waals surface area contributed by atoms with Gasteiger partial charge in [-0.05, 0) is 30.9 Å². The lowest BCUT2D eigenvalue weighted by Crippen LogP contribution is -2.51. The van der Waals surface area contributed by atoms with E-state index in [2.05, 4.69) is 10.3 Å². The molecule has 0 aliphatic carbocycles. The third-order valence-electron chi connectivity index (χ3n) is 4.54. The van der Waals surface area contributed by atoms with Crippen LogP contribution in [0.1, 0.15) is 30.7 Å². The van der Waals surface area contributed by atoms with Crippen LogP contribution in [-0.4, -0.2) is 48.5 Å². The molecule has 0 saturated carbocycles. The Labute approximate surface area is 124 Å². The summed E-state index contributed by atoms with van der Waals surface area (Å²) in [4.78, 5) is 16.3. The summed E-state index contributed by atoms with van der Waals surface area (Å²) < 4.78 is 24.6. The van der Waals surface area contributed by atoms with Gasteiger partial charge in [0.05, 0.1) is 12.2 Å². The number of nitrogens with one attached hydrogen (secondary N) is 1. The fourth-order valence-electron chi connectivity index (χ4n) is 3.31. The zero-order valence-electron chi connectivity index (χ0n) is 11.9. The van der Waals surface area contributed by atoms with Crippen LogP contribution >= 0.6 is 0 Å². The summed E-state index contributed by atoms with van der Waals surface area (Å²) in [5, 5.41) is 3.10. The summed E-state index contributed by atoms with van der Waals surface area (Å²) in [6.45, 7) is 0.942. The average Bonchev–Trinajstić information content (AvgIpc) is 2.76. The van der Waals surface area contributed by atoms with E-state index in [1.165, 1.54) is 10.6 Å².